The Kier molecular flexibility index (Phi) is 7.18. The van der Waals surface area contributed by atoms with Crippen LogP contribution in [0.15, 0.2) is 82.6 Å². The third-order valence-corrected chi connectivity index (χ3v) is 9.89. The van der Waals surface area contributed by atoms with Gasteiger partial charge < -0.3 is 10.1 Å². The van der Waals surface area contributed by atoms with E-state index in [1.807, 2.05) is 0 Å². The largest absolute Gasteiger partial charge is 0.497 e. The molecule has 0 saturated carbocycles. The van der Waals surface area contributed by atoms with E-state index in [2.05, 4.69) is 5.32 Å². The number of thiazole rings is 1. The van der Waals surface area contributed by atoms with Gasteiger partial charge in [0, 0.05) is 21.5 Å². The number of carbonyl (C=O) groups is 3. The summed E-state index contributed by atoms with van der Waals surface area (Å²) in [4.78, 5) is 55.1. The normalized spacial score (nSPS) is 19.6. The van der Waals surface area contributed by atoms with Crippen molar-refractivity contribution in [3.8, 4) is 5.75 Å². The molecule has 3 amide bonds. The molecule has 41 heavy (non-hydrogen) atoms. The number of nitrogens with zero attached hydrogens (tertiary/aromatic N) is 2. The molecule has 1 fully saturated rings. The molecule has 1 saturated heterocycles. The summed E-state index contributed by atoms with van der Waals surface area (Å²) in [5.74, 6) is -2.62. The van der Waals surface area contributed by atoms with E-state index in [9.17, 15) is 23.6 Å². The van der Waals surface area contributed by atoms with Crippen LogP contribution < -0.4 is 19.8 Å². The number of halogens is 2. The van der Waals surface area contributed by atoms with Crippen LogP contribution in [-0.2, 0) is 20.9 Å². The number of anilines is 2. The lowest BCUT2D eigenvalue weighted by molar-refractivity contribution is -0.122. The van der Waals surface area contributed by atoms with E-state index in [4.69, 9.17) is 16.3 Å². The second kappa shape index (κ2) is 10.8. The van der Waals surface area contributed by atoms with E-state index < -0.39 is 45.5 Å². The summed E-state index contributed by atoms with van der Waals surface area (Å²) >= 11 is 8.05. The predicted octanol–water partition coefficient (Wildman–Crippen LogP) is 5.15. The number of rotatable bonds is 6. The fourth-order valence-corrected chi connectivity index (χ4v) is 8.05. The standard InChI is InChI=1S/C29H21ClFN3O5S2/c1-39-20-12-8-18(9-13-20)32-21(35)14-33-28-25(41-29(33)38)22(15-2-6-17(31)7-3-15)23-24(40-28)27(37)34(26(23)36)19-10-4-16(30)5-11-19/h2-13,22-24H,14H2,1H3,(H,32,35)/t22-,23-,24+/m0/s1. The first-order valence-corrected chi connectivity index (χ1v) is 14.6. The van der Waals surface area contributed by atoms with Crippen molar-refractivity contribution in [3.63, 3.8) is 0 Å². The van der Waals surface area contributed by atoms with E-state index in [0.29, 0.717) is 37.6 Å². The second-order valence-corrected chi connectivity index (χ2v) is 12.0. The lowest BCUT2D eigenvalue weighted by atomic mass is 9.83. The van der Waals surface area contributed by atoms with Crippen molar-refractivity contribution >= 4 is 63.8 Å². The zero-order chi connectivity index (χ0) is 28.8. The molecule has 0 radical (unpaired) electrons. The Morgan fingerprint density at radius 3 is 2.32 bits per heavy atom. The van der Waals surface area contributed by atoms with Gasteiger partial charge in [0.1, 0.15) is 23.4 Å². The Morgan fingerprint density at radius 2 is 1.66 bits per heavy atom. The monoisotopic (exact) mass is 609 g/mol. The minimum absolute atomic E-state index is 0.291. The Bertz CT molecular complexity index is 1720. The third-order valence-electron chi connectivity index (χ3n) is 7.04. The van der Waals surface area contributed by atoms with Gasteiger partial charge in [-0.25, -0.2) is 9.29 Å². The van der Waals surface area contributed by atoms with Crippen LogP contribution in [0.25, 0.3) is 0 Å². The zero-order valence-electron chi connectivity index (χ0n) is 21.4. The van der Waals surface area contributed by atoms with Crippen molar-refractivity contribution < 1.29 is 23.5 Å². The van der Waals surface area contributed by atoms with Crippen LogP contribution >= 0.6 is 34.7 Å². The Morgan fingerprint density at radius 1 is 0.976 bits per heavy atom. The molecule has 2 aliphatic heterocycles. The fraction of sp³-hybridized carbons (Fsp3) is 0.172. The second-order valence-electron chi connectivity index (χ2n) is 9.48. The van der Waals surface area contributed by atoms with Gasteiger partial charge in [-0.1, -0.05) is 46.8 Å². The number of aromatic nitrogens is 1. The molecule has 0 unspecified atom stereocenters. The Labute approximate surface area is 246 Å². The first kappa shape index (κ1) is 27.3. The van der Waals surface area contributed by atoms with Crippen LogP contribution in [-0.4, -0.2) is 34.6 Å². The van der Waals surface area contributed by atoms with E-state index >= 15 is 0 Å². The number of thioether (sulfide) groups is 1. The average Bonchev–Trinajstić information content (AvgIpc) is 3.40. The molecule has 0 bridgehead atoms. The van der Waals surface area contributed by atoms with Gasteiger partial charge >= 0.3 is 4.87 Å². The number of imide groups is 1. The van der Waals surface area contributed by atoms with Crippen molar-refractivity contribution in [1.29, 1.82) is 0 Å². The van der Waals surface area contributed by atoms with Gasteiger partial charge in [0.2, 0.25) is 17.7 Å². The number of amides is 3. The van der Waals surface area contributed by atoms with Gasteiger partial charge in [-0.2, -0.15) is 0 Å². The number of benzene rings is 3. The molecule has 3 atom stereocenters. The van der Waals surface area contributed by atoms with Gasteiger partial charge in [-0.05, 0) is 66.2 Å². The number of carbonyl (C=O) groups excluding carboxylic acids is 3. The molecule has 4 aromatic rings. The molecule has 1 aromatic heterocycles. The summed E-state index contributed by atoms with van der Waals surface area (Å²) in [5, 5.41) is 2.82. The number of methoxy groups -OCH3 is 1. The Hall–Kier alpha value is -3.93. The predicted molar refractivity (Wildman–Crippen MR) is 156 cm³/mol. The quantitative estimate of drug-likeness (QED) is 0.304. The topological polar surface area (TPSA) is 97.7 Å². The summed E-state index contributed by atoms with van der Waals surface area (Å²) in [5.41, 5.74) is 1.51. The lowest BCUT2D eigenvalue weighted by Gasteiger charge is -2.30. The van der Waals surface area contributed by atoms with E-state index in [0.717, 1.165) is 28.0 Å². The number of ether oxygens (including phenoxy) is 1. The smallest absolute Gasteiger partial charge is 0.308 e. The molecule has 6 rings (SSSR count). The summed E-state index contributed by atoms with van der Waals surface area (Å²) in [6.45, 7) is -0.291. The molecule has 3 aromatic carbocycles. The summed E-state index contributed by atoms with van der Waals surface area (Å²) < 4.78 is 20.3. The molecule has 1 N–H and O–H groups in total. The maximum absolute atomic E-state index is 13.9. The Balaban J connectivity index is 1.38. The van der Waals surface area contributed by atoms with Crippen molar-refractivity contribution in [2.75, 3.05) is 17.3 Å². The van der Waals surface area contributed by atoms with E-state index in [1.54, 1.807) is 67.8 Å². The van der Waals surface area contributed by atoms with E-state index in [1.165, 1.54) is 16.7 Å². The SMILES string of the molecule is COc1ccc(NC(=O)Cn2c3c(sc2=O)[C@@H](c2ccc(F)cc2)[C@@H]2C(=O)N(c4ccc(Cl)cc4)C(=O)[C@@H]2S3)cc1. The summed E-state index contributed by atoms with van der Waals surface area (Å²) in [6.07, 6.45) is 0. The highest BCUT2D eigenvalue weighted by Crippen LogP contribution is 2.53. The molecule has 8 nitrogen and oxygen atoms in total. The minimum Gasteiger partial charge on any atom is -0.497 e. The van der Waals surface area contributed by atoms with E-state index in [-0.39, 0.29) is 6.54 Å². The molecule has 3 heterocycles. The highest BCUT2D eigenvalue weighted by molar-refractivity contribution is 8.00. The van der Waals surface area contributed by atoms with Crippen LogP contribution in [0.1, 0.15) is 16.4 Å². The average molecular weight is 610 g/mol. The third kappa shape index (κ3) is 4.94. The van der Waals surface area contributed by atoms with Crippen LogP contribution in [0, 0.1) is 11.7 Å². The molecule has 0 spiro atoms. The van der Waals surface area contributed by atoms with Crippen LogP contribution in [0.4, 0.5) is 15.8 Å². The number of nitrogens with one attached hydrogen (secondary N) is 1. The number of hydrogen-bond acceptors (Lipinski definition) is 7. The molecule has 208 valence electrons. The first-order chi connectivity index (χ1) is 19.7. The molecular formula is C29H21ClFN3O5S2. The van der Waals surface area contributed by atoms with Crippen LogP contribution in [0.3, 0.4) is 0 Å². The molecular weight excluding hydrogens is 589 g/mol. The van der Waals surface area contributed by atoms with Crippen LogP contribution in [0.5, 0.6) is 5.75 Å². The fourth-order valence-electron chi connectivity index (χ4n) is 5.15. The van der Waals surface area contributed by atoms with Crippen LogP contribution in [0.2, 0.25) is 5.02 Å². The first-order valence-electron chi connectivity index (χ1n) is 12.5. The highest BCUT2D eigenvalue weighted by atomic mass is 35.5. The van der Waals surface area contributed by atoms with Gasteiger partial charge in [0.15, 0.2) is 0 Å². The maximum Gasteiger partial charge on any atom is 0.308 e. The molecule has 2 aliphatic rings. The van der Waals surface area contributed by atoms with Gasteiger partial charge in [0.25, 0.3) is 0 Å². The van der Waals surface area contributed by atoms with Gasteiger partial charge in [-0.15, -0.1) is 0 Å². The molecule has 0 aliphatic carbocycles. The summed E-state index contributed by atoms with van der Waals surface area (Å²) in [7, 11) is 1.54. The zero-order valence-corrected chi connectivity index (χ0v) is 23.8. The van der Waals surface area contributed by atoms with Crippen molar-refractivity contribution in [1.82, 2.24) is 4.57 Å². The van der Waals surface area contributed by atoms with Gasteiger partial charge in [0.05, 0.1) is 23.7 Å². The highest BCUT2D eigenvalue weighted by Gasteiger charge is 2.56. The lowest BCUT2D eigenvalue weighted by Crippen LogP contribution is -2.33. The maximum atomic E-state index is 13.9. The molecule has 12 heteroatoms. The number of hydrogen-bond donors (Lipinski definition) is 1. The minimum atomic E-state index is -0.856. The van der Waals surface area contributed by atoms with Crippen molar-refractivity contribution in [2.24, 2.45) is 5.92 Å². The van der Waals surface area contributed by atoms with Gasteiger partial charge in [-0.3, -0.25) is 23.7 Å². The summed E-state index contributed by atoms with van der Waals surface area (Å²) in [6, 6.07) is 18.8. The number of fused-ring (bicyclic) bond motifs is 2. The van der Waals surface area contributed by atoms with Crippen molar-refractivity contribution in [3.05, 3.63) is 104 Å². The van der Waals surface area contributed by atoms with Crippen molar-refractivity contribution in [2.45, 2.75) is 22.7 Å².